The quantitative estimate of drug-likeness (QED) is 0.908. The van der Waals surface area contributed by atoms with Gasteiger partial charge in [-0.25, -0.2) is 0 Å². The molecule has 1 N–H and O–H groups in total. The Bertz CT molecular complexity index is 429. The number of hydrogen-bond donors (Lipinski definition) is 1. The molecule has 0 aliphatic carbocycles. The average Bonchev–Trinajstić information content (AvgIpc) is 2.71. The van der Waals surface area contributed by atoms with Crippen molar-refractivity contribution in [2.24, 2.45) is 0 Å². The second-order valence-corrected chi connectivity index (χ2v) is 5.76. The number of nitrogens with zero attached hydrogens (tertiary/aromatic N) is 3. The summed E-state index contributed by atoms with van der Waals surface area (Å²) in [6.45, 7) is 7.51. The van der Waals surface area contributed by atoms with Crippen molar-refractivity contribution >= 4 is 16.5 Å². The van der Waals surface area contributed by atoms with E-state index < -0.39 is 0 Å². The van der Waals surface area contributed by atoms with Crippen LogP contribution in [0.1, 0.15) is 37.4 Å². The summed E-state index contributed by atoms with van der Waals surface area (Å²) in [4.78, 5) is 2.50. The second kappa shape index (κ2) is 6.17. The van der Waals surface area contributed by atoms with E-state index in [1.54, 1.807) is 0 Å². The normalized spacial score (nSPS) is 18.3. The highest BCUT2D eigenvalue weighted by Gasteiger charge is 2.16. The first-order valence-electron chi connectivity index (χ1n) is 6.56. The van der Waals surface area contributed by atoms with E-state index in [4.69, 9.17) is 5.26 Å². The van der Waals surface area contributed by atoms with Crippen LogP contribution in [0.4, 0.5) is 5.00 Å². The largest absolute Gasteiger partial charge is 0.371 e. The second-order valence-electron chi connectivity index (χ2n) is 4.99. The zero-order chi connectivity index (χ0) is 13.0. The van der Waals surface area contributed by atoms with Crippen LogP contribution in [0.15, 0.2) is 0 Å². The number of anilines is 1. The van der Waals surface area contributed by atoms with Crippen LogP contribution >= 0.6 is 11.5 Å². The van der Waals surface area contributed by atoms with Gasteiger partial charge in [-0.2, -0.15) is 9.64 Å². The predicted molar refractivity (Wildman–Crippen MR) is 74.9 cm³/mol. The molecule has 5 heteroatoms. The highest BCUT2D eigenvalue weighted by Crippen LogP contribution is 2.24. The van der Waals surface area contributed by atoms with Crippen LogP contribution in [0.3, 0.4) is 0 Å². The zero-order valence-electron chi connectivity index (χ0n) is 11.1. The first-order chi connectivity index (χ1) is 8.70. The number of rotatable bonds is 4. The van der Waals surface area contributed by atoms with E-state index in [9.17, 15) is 0 Å². The van der Waals surface area contributed by atoms with Gasteiger partial charge in [0.15, 0.2) is 0 Å². The Morgan fingerprint density at radius 3 is 2.83 bits per heavy atom. The number of nitrogens with one attached hydrogen (secondary N) is 1. The molecule has 0 saturated carbocycles. The van der Waals surface area contributed by atoms with Gasteiger partial charge in [-0.05, 0) is 51.3 Å². The van der Waals surface area contributed by atoms with Crippen molar-refractivity contribution in [1.29, 1.82) is 5.26 Å². The third kappa shape index (κ3) is 3.21. The highest BCUT2D eigenvalue weighted by atomic mass is 32.1. The molecule has 0 bridgehead atoms. The molecule has 1 aliphatic rings. The van der Waals surface area contributed by atoms with Crippen LogP contribution < -0.4 is 5.32 Å². The molecule has 1 saturated heterocycles. The van der Waals surface area contributed by atoms with Gasteiger partial charge < -0.3 is 10.2 Å². The number of aromatic nitrogens is 1. The number of hydrogen-bond acceptors (Lipinski definition) is 5. The van der Waals surface area contributed by atoms with E-state index in [1.807, 2.05) is 6.92 Å². The van der Waals surface area contributed by atoms with Crippen molar-refractivity contribution in [3.63, 3.8) is 0 Å². The lowest BCUT2D eigenvalue weighted by molar-refractivity contribution is 0.223. The molecule has 1 aromatic rings. The summed E-state index contributed by atoms with van der Waals surface area (Å²) in [6, 6.07) is 2.58. The minimum atomic E-state index is 0.357. The molecule has 1 aromatic heterocycles. The van der Waals surface area contributed by atoms with E-state index in [2.05, 4.69) is 27.6 Å². The van der Waals surface area contributed by atoms with E-state index in [0.29, 0.717) is 11.6 Å². The number of likely N-dealkylation sites (tertiary alicyclic amines) is 1. The van der Waals surface area contributed by atoms with Crippen LogP contribution in [-0.2, 0) is 0 Å². The smallest absolute Gasteiger partial charge is 0.127 e. The van der Waals surface area contributed by atoms with Gasteiger partial charge in [0.25, 0.3) is 0 Å². The first kappa shape index (κ1) is 13.3. The van der Waals surface area contributed by atoms with Crippen molar-refractivity contribution in [3.8, 4) is 6.07 Å². The Morgan fingerprint density at radius 2 is 2.17 bits per heavy atom. The van der Waals surface area contributed by atoms with Crippen molar-refractivity contribution in [1.82, 2.24) is 9.27 Å². The lowest BCUT2D eigenvalue weighted by atomic mass is 10.1. The fourth-order valence-corrected chi connectivity index (χ4v) is 3.26. The van der Waals surface area contributed by atoms with Gasteiger partial charge in [0.1, 0.15) is 16.6 Å². The van der Waals surface area contributed by atoms with Gasteiger partial charge in [0.05, 0.1) is 5.69 Å². The van der Waals surface area contributed by atoms with Crippen LogP contribution in [0.2, 0.25) is 0 Å². The molecule has 0 aromatic carbocycles. The third-order valence-corrected chi connectivity index (χ3v) is 4.20. The van der Waals surface area contributed by atoms with Crippen LogP contribution in [0.5, 0.6) is 0 Å². The van der Waals surface area contributed by atoms with E-state index in [1.165, 1.54) is 43.9 Å². The molecule has 1 unspecified atom stereocenters. The minimum Gasteiger partial charge on any atom is -0.371 e. The van der Waals surface area contributed by atoms with Gasteiger partial charge in [-0.1, -0.05) is 6.42 Å². The van der Waals surface area contributed by atoms with E-state index in [0.717, 1.165) is 17.2 Å². The summed E-state index contributed by atoms with van der Waals surface area (Å²) in [7, 11) is 0. The fourth-order valence-electron chi connectivity index (χ4n) is 2.40. The molecular weight excluding hydrogens is 244 g/mol. The van der Waals surface area contributed by atoms with Gasteiger partial charge in [-0.15, -0.1) is 0 Å². The van der Waals surface area contributed by atoms with Crippen molar-refractivity contribution in [2.45, 2.75) is 39.2 Å². The Morgan fingerprint density at radius 1 is 1.44 bits per heavy atom. The molecule has 2 heterocycles. The SMILES string of the molecule is Cc1nsc(NC(C)CN2CCCCC2)c1C#N. The Labute approximate surface area is 113 Å². The monoisotopic (exact) mass is 264 g/mol. The van der Waals surface area contributed by atoms with Gasteiger partial charge in [0, 0.05) is 12.6 Å². The molecule has 1 aliphatic heterocycles. The molecule has 1 atom stereocenters. The van der Waals surface area contributed by atoms with Crippen LogP contribution in [-0.4, -0.2) is 34.9 Å². The molecule has 2 rings (SSSR count). The summed E-state index contributed by atoms with van der Waals surface area (Å²) < 4.78 is 4.23. The molecule has 0 amide bonds. The molecule has 4 nitrogen and oxygen atoms in total. The van der Waals surface area contributed by atoms with Crippen molar-refractivity contribution < 1.29 is 0 Å². The molecule has 0 radical (unpaired) electrons. The van der Waals surface area contributed by atoms with Gasteiger partial charge in [0.2, 0.25) is 0 Å². The standard InChI is InChI=1S/C13H20N4S/c1-10(9-17-6-4-3-5-7-17)15-13-12(8-14)11(2)16-18-13/h10,15H,3-7,9H2,1-2H3. The summed E-state index contributed by atoms with van der Waals surface area (Å²) in [5, 5.41) is 13.4. The van der Waals surface area contributed by atoms with Crippen molar-refractivity contribution in [2.75, 3.05) is 25.0 Å². The van der Waals surface area contributed by atoms with E-state index in [-0.39, 0.29) is 0 Å². The Hall–Kier alpha value is -1.12. The minimum absolute atomic E-state index is 0.357. The summed E-state index contributed by atoms with van der Waals surface area (Å²) in [5.74, 6) is 0. The maximum atomic E-state index is 9.09. The molecular formula is C13H20N4S. The lowest BCUT2D eigenvalue weighted by Gasteiger charge is -2.29. The highest BCUT2D eigenvalue weighted by molar-refractivity contribution is 7.10. The summed E-state index contributed by atoms with van der Waals surface area (Å²) >= 11 is 1.39. The third-order valence-electron chi connectivity index (χ3n) is 3.33. The first-order valence-corrected chi connectivity index (χ1v) is 7.33. The zero-order valence-corrected chi connectivity index (χ0v) is 11.9. The summed E-state index contributed by atoms with van der Waals surface area (Å²) in [5.41, 5.74) is 1.53. The fraction of sp³-hybridized carbons (Fsp3) is 0.692. The molecule has 98 valence electrons. The van der Waals surface area contributed by atoms with Crippen molar-refractivity contribution in [3.05, 3.63) is 11.3 Å². The van der Waals surface area contributed by atoms with E-state index >= 15 is 0 Å². The Kier molecular flexibility index (Phi) is 4.56. The van der Waals surface area contributed by atoms with Gasteiger partial charge in [-0.3, -0.25) is 0 Å². The number of piperidine rings is 1. The summed E-state index contributed by atoms with van der Waals surface area (Å²) in [6.07, 6.45) is 4.00. The van der Waals surface area contributed by atoms with Crippen LogP contribution in [0, 0.1) is 18.3 Å². The Balaban J connectivity index is 1.90. The maximum absolute atomic E-state index is 9.09. The number of aryl methyl sites for hydroxylation is 1. The average molecular weight is 264 g/mol. The number of nitriles is 1. The van der Waals surface area contributed by atoms with Crippen LogP contribution in [0.25, 0.3) is 0 Å². The lowest BCUT2D eigenvalue weighted by Crippen LogP contribution is -2.38. The predicted octanol–water partition coefficient (Wildman–Crippen LogP) is 2.61. The molecule has 1 fully saturated rings. The molecule has 0 spiro atoms. The maximum Gasteiger partial charge on any atom is 0.127 e. The topological polar surface area (TPSA) is 52.0 Å². The molecule has 18 heavy (non-hydrogen) atoms. The van der Waals surface area contributed by atoms with Gasteiger partial charge >= 0.3 is 0 Å².